The highest BCUT2D eigenvalue weighted by Crippen LogP contribution is 2.02. The van der Waals surface area contributed by atoms with Crippen molar-refractivity contribution in [2.45, 2.75) is 78.7 Å². The summed E-state index contributed by atoms with van der Waals surface area (Å²) in [6.07, 6.45) is 7.12. The molecule has 5 nitrogen and oxygen atoms in total. The number of hydrogen-bond donors (Lipinski definition) is 3. The van der Waals surface area contributed by atoms with E-state index >= 15 is 0 Å². The Kier molecular flexibility index (Phi) is 13.8. The molecule has 1 atom stereocenters. The van der Waals surface area contributed by atoms with Gasteiger partial charge >= 0.3 is 0 Å². The van der Waals surface area contributed by atoms with Crippen LogP contribution < -0.4 is 16.0 Å². The molecule has 0 aromatic heterocycles. The summed E-state index contributed by atoms with van der Waals surface area (Å²) in [5, 5.41) is 9.08. The summed E-state index contributed by atoms with van der Waals surface area (Å²) in [6, 6.07) is 0.391. The lowest BCUT2D eigenvalue weighted by Gasteiger charge is -2.11. The minimum atomic E-state index is 0.0816. The average Bonchev–Trinajstić information content (AvgIpc) is 2.50. The Morgan fingerprint density at radius 3 is 1.87 bits per heavy atom. The summed E-state index contributed by atoms with van der Waals surface area (Å²) in [4.78, 5) is 23.0. The van der Waals surface area contributed by atoms with Crippen LogP contribution in [0.4, 0.5) is 0 Å². The topological polar surface area (TPSA) is 70.2 Å². The van der Waals surface area contributed by atoms with Crippen molar-refractivity contribution >= 4 is 11.8 Å². The van der Waals surface area contributed by atoms with Gasteiger partial charge in [0.1, 0.15) is 0 Å². The molecule has 0 aliphatic heterocycles. The standard InChI is InChI=1S/C18H37N3O2/c1-5-16(4)21-14-18(23)20-12-10-8-6-7-9-11-19-17(22)13-15(2)3/h15-16,21H,5-14H2,1-4H3,(H,19,22)(H,20,23). The van der Waals surface area contributed by atoms with Crippen LogP contribution in [0, 0.1) is 5.92 Å². The Hall–Kier alpha value is -1.10. The zero-order chi connectivity index (χ0) is 17.5. The molecule has 0 saturated carbocycles. The molecule has 2 amide bonds. The molecule has 0 radical (unpaired) electrons. The molecule has 0 spiro atoms. The zero-order valence-electron chi connectivity index (χ0n) is 15.5. The van der Waals surface area contributed by atoms with Crippen molar-refractivity contribution in [1.82, 2.24) is 16.0 Å². The van der Waals surface area contributed by atoms with Crippen LogP contribution in [-0.2, 0) is 9.59 Å². The lowest BCUT2D eigenvalue weighted by Crippen LogP contribution is -2.38. The van der Waals surface area contributed by atoms with E-state index in [1.807, 2.05) is 0 Å². The van der Waals surface area contributed by atoms with Gasteiger partial charge in [0, 0.05) is 25.6 Å². The number of hydrogen-bond acceptors (Lipinski definition) is 3. The molecule has 136 valence electrons. The highest BCUT2D eigenvalue weighted by molar-refractivity contribution is 5.78. The van der Waals surface area contributed by atoms with Gasteiger partial charge in [-0.25, -0.2) is 0 Å². The Bertz CT molecular complexity index is 319. The van der Waals surface area contributed by atoms with E-state index in [9.17, 15) is 9.59 Å². The minimum Gasteiger partial charge on any atom is -0.356 e. The molecule has 1 unspecified atom stereocenters. The van der Waals surface area contributed by atoms with Crippen molar-refractivity contribution in [2.24, 2.45) is 5.92 Å². The van der Waals surface area contributed by atoms with Crippen molar-refractivity contribution in [3.8, 4) is 0 Å². The monoisotopic (exact) mass is 327 g/mol. The smallest absolute Gasteiger partial charge is 0.233 e. The molecule has 0 aliphatic rings. The lowest BCUT2D eigenvalue weighted by atomic mass is 10.1. The summed E-state index contributed by atoms with van der Waals surface area (Å²) in [7, 11) is 0. The molecule has 0 heterocycles. The van der Waals surface area contributed by atoms with Crippen molar-refractivity contribution in [2.75, 3.05) is 19.6 Å². The third kappa shape index (κ3) is 15.6. The second kappa shape index (κ2) is 14.5. The minimum absolute atomic E-state index is 0.0816. The lowest BCUT2D eigenvalue weighted by molar-refractivity contribution is -0.122. The molecule has 0 saturated heterocycles. The third-order valence-electron chi connectivity index (χ3n) is 3.81. The molecular weight excluding hydrogens is 290 g/mol. The van der Waals surface area contributed by atoms with Gasteiger partial charge in [0.2, 0.25) is 11.8 Å². The molecule has 0 aromatic carbocycles. The van der Waals surface area contributed by atoms with E-state index in [1.165, 1.54) is 0 Å². The maximum Gasteiger partial charge on any atom is 0.233 e. The summed E-state index contributed by atoms with van der Waals surface area (Å²) in [5.74, 6) is 0.664. The maximum absolute atomic E-state index is 11.6. The number of nitrogens with one attached hydrogen (secondary N) is 3. The summed E-state index contributed by atoms with van der Waals surface area (Å²) < 4.78 is 0. The number of rotatable bonds is 14. The van der Waals surface area contributed by atoms with Crippen molar-refractivity contribution in [3.05, 3.63) is 0 Å². The van der Waals surface area contributed by atoms with Gasteiger partial charge < -0.3 is 16.0 Å². The first-order valence-electron chi connectivity index (χ1n) is 9.22. The van der Waals surface area contributed by atoms with Crippen LogP contribution >= 0.6 is 0 Å². The molecule has 0 aliphatic carbocycles. The van der Waals surface area contributed by atoms with E-state index in [0.29, 0.717) is 24.9 Å². The quantitative estimate of drug-likeness (QED) is 0.430. The Labute approximate surface area is 142 Å². The number of unbranched alkanes of at least 4 members (excludes halogenated alkanes) is 4. The fraction of sp³-hybridized carbons (Fsp3) is 0.889. The van der Waals surface area contributed by atoms with Crippen LogP contribution in [0.1, 0.15) is 72.6 Å². The van der Waals surface area contributed by atoms with Gasteiger partial charge in [0.15, 0.2) is 0 Å². The molecular formula is C18H37N3O2. The molecule has 0 fully saturated rings. The summed E-state index contributed by atoms with van der Waals surface area (Å²) in [5.41, 5.74) is 0. The fourth-order valence-electron chi connectivity index (χ4n) is 2.15. The second-order valence-electron chi connectivity index (χ2n) is 6.76. The van der Waals surface area contributed by atoms with Crippen LogP contribution in [0.2, 0.25) is 0 Å². The Balaban J connectivity index is 3.30. The predicted molar refractivity (Wildman–Crippen MR) is 96.3 cm³/mol. The van der Waals surface area contributed by atoms with E-state index in [4.69, 9.17) is 0 Å². The molecule has 0 aromatic rings. The first-order chi connectivity index (χ1) is 11.0. The van der Waals surface area contributed by atoms with Crippen LogP contribution in [0.3, 0.4) is 0 Å². The Morgan fingerprint density at radius 2 is 1.35 bits per heavy atom. The van der Waals surface area contributed by atoms with Gasteiger partial charge in [-0.15, -0.1) is 0 Å². The predicted octanol–water partition coefficient (Wildman–Crippen LogP) is 2.60. The first kappa shape index (κ1) is 21.9. The fourth-order valence-corrected chi connectivity index (χ4v) is 2.15. The van der Waals surface area contributed by atoms with Crippen molar-refractivity contribution in [1.29, 1.82) is 0 Å². The van der Waals surface area contributed by atoms with Gasteiger partial charge in [-0.05, 0) is 32.1 Å². The maximum atomic E-state index is 11.6. The van der Waals surface area contributed by atoms with E-state index in [-0.39, 0.29) is 11.8 Å². The van der Waals surface area contributed by atoms with Crippen LogP contribution in [0.5, 0.6) is 0 Å². The van der Waals surface area contributed by atoms with Crippen molar-refractivity contribution in [3.63, 3.8) is 0 Å². The van der Waals surface area contributed by atoms with E-state index in [1.54, 1.807) is 0 Å². The summed E-state index contributed by atoms with van der Waals surface area (Å²) in [6.45, 7) is 10.2. The first-order valence-corrected chi connectivity index (χ1v) is 9.22. The molecule has 23 heavy (non-hydrogen) atoms. The van der Waals surface area contributed by atoms with Gasteiger partial charge in [0.25, 0.3) is 0 Å². The van der Waals surface area contributed by atoms with E-state index in [2.05, 4.69) is 43.6 Å². The molecule has 0 bridgehead atoms. The molecule has 3 N–H and O–H groups in total. The van der Waals surface area contributed by atoms with Crippen molar-refractivity contribution < 1.29 is 9.59 Å². The highest BCUT2D eigenvalue weighted by atomic mass is 16.2. The molecule has 0 rings (SSSR count). The number of amides is 2. The highest BCUT2D eigenvalue weighted by Gasteiger charge is 2.04. The van der Waals surface area contributed by atoms with Gasteiger partial charge in [-0.1, -0.05) is 40.0 Å². The number of carbonyl (C=O) groups excluding carboxylic acids is 2. The van der Waals surface area contributed by atoms with Gasteiger partial charge in [0.05, 0.1) is 6.54 Å². The normalized spacial score (nSPS) is 12.2. The van der Waals surface area contributed by atoms with Crippen LogP contribution in [0.25, 0.3) is 0 Å². The zero-order valence-corrected chi connectivity index (χ0v) is 15.5. The number of carbonyl (C=O) groups is 2. The SMILES string of the molecule is CCC(C)NCC(=O)NCCCCCCCNC(=O)CC(C)C. The second-order valence-corrected chi connectivity index (χ2v) is 6.76. The molecule has 5 heteroatoms. The third-order valence-corrected chi connectivity index (χ3v) is 3.81. The average molecular weight is 328 g/mol. The van der Waals surface area contributed by atoms with E-state index < -0.39 is 0 Å². The van der Waals surface area contributed by atoms with Crippen LogP contribution in [-0.4, -0.2) is 37.5 Å². The largest absolute Gasteiger partial charge is 0.356 e. The summed E-state index contributed by atoms with van der Waals surface area (Å²) >= 11 is 0. The van der Waals surface area contributed by atoms with Crippen LogP contribution in [0.15, 0.2) is 0 Å². The van der Waals surface area contributed by atoms with Gasteiger partial charge in [-0.3, -0.25) is 9.59 Å². The Morgan fingerprint density at radius 1 is 0.826 bits per heavy atom. The van der Waals surface area contributed by atoms with Gasteiger partial charge in [-0.2, -0.15) is 0 Å². The van der Waals surface area contributed by atoms with E-state index in [0.717, 1.165) is 51.6 Å².